The zero-order valence-electron chi connectivity index (χ0n) is 19.9. The summed E-state index contributed by atoms with van der Waals surface area (Å²) in [4.78, 5) is 44.5. The number of nitrogens with one attached hydrogen (secondary N) is 2. The summed E-state index contributed by atoms with van der Waals surface area (Å²) in [5.74, 6) is -0.678. The molecule has 1 aliphatic heterocycles. The fourth-order valence-electron chi connectivity index (χ4n) is 4.98. The maximum absolute atomic E-state index is 13.5. The number of hydrogen-bond donors (Lipinski definition) is 2. The van der Waals surface area contributed by atoms with Crippen LogP contribution in [0.2, 0.25) is 0 Å². The topological polar surface area (TPSA) is 115 Å². The van der Waals surface area contributed by atoms with E-state index >= 15 is 0 Å². The summed E-state index contributed by atoms with van der Waals surface area (Å²) >= 11 is 0. The van der Waals surface area contributed by atoms with Gasteiger partial charge in [0.25, 0.3) is 0 Å². The van der Waals surface area contributed by atoms with Crippen molar-refractivity contribution < 1.29 is 14.4 Å². The van der Waals surface area contributed by atoms with Gasteiger partial charge in [0.1, 0.15) is 18.1 Å². The molecule has 1 unspecified atom stereocenters. The molecule has 2 aliphatic rings. The molecule has 1 aromatic heterocycles. The zero-order chi connectivity index (χ0) is 24.0. The number of hydrogen-bond acceptors (Lipinski definition) is 5. The van der Waals surface area contributed by atoms with Crippen LogP contribution in [-0.2, 0) is 14.4 Å². The third-order valence-corrected chi connectivity index (χ3v) is 6.87. The van der Waals surface area contributed by atoms with Gasteiger partial charge in [0.2, 0.25) is 17.7 Å². The smallest absolute Gasteiger partial charge is 0.246 e. The first-order valence-electron chi connectivity index (χ1n) is 11.0. The van der Waals surface area contributed by atoms with Crippen molar-refractivity contribution in [3.8, 4) is 6.07 Å². The molecule has 0 bridgehead atoms. The van der Waals surface area contributed by atoms with Crippen molar-refractivity contribution in [2.45, 2.75) is 66.6 Å². The number of rotatable bonds is 5. The van der Waals surface area contributed by atoms with Crippen LogP contribution in [0.3, 0.4) is 0 Å². The van der Waals surface area contributed by atoms with Crippen LogP contribution >= 0.6 is 0 Å². The van der Waals surface area contributed by atoms with Crippen LogP contribution in [0.5, 0.6) is 0 Å². The molecule has 5 atom stereocenters. The highest BCUT2D eigenvalue weighted by molar-refractivity contribution is 5.94. The van der Waals surface area contributed by atoms with E-state index in [0.717, 1.165) is 5.56 Å². The highest BCUT2D eigenvalue weighted by Crippen LogP contribution is 2.65. The normalized spacial score (nSPS) is 25.2. The van der Waals surface area contributed by atoms with E-state index in [1.165, 1.54) is 6.92 Å². The van der Waals surface area contributed by atoms with Crippen LogP contribution in [-0.4, -0.2) is 46.2 Å². The Bertz CT molecular complexity index is 975. The lowest BCUT2D eigenvalue weighted by atomic mass is 9.85. The molecule has 32 heavy (non-hydrogen) atoms. The molecule has 1 aromatic rings. The van der Waals surface area contributed by atoms with Gasteiger partial charge in [0.15, 0.2) is 0 Å². The lowest BCUT2D eigenvalue weighted by Crippen LogP contribution is -2.59. The van der Waals surface area contributed by atoms with Crippen LogP contribution in [0.4, 0.5) is 0 Å². The van der Waals surface area contributed by atoms with E-state index in [4.69, 9.17) is 0 Å². The van der Waals surface area contributed by atoms with Gasteiger partial charge in [0, 0.05) is 31.4 Å². The van der Waals surface area contributed by atoms with Gasteiger partial charge in [-0.15, -0.1) is 0 Å². The van der Waals surface area contributed by atoms with E-state index < -0.39 is 23.5 Å². The molecule has 0 spiro atoms. The number of carbonyl (C=O) groups is 3. The second kappa shape index (κ2) is 8.19. The number of aryl methyl sites for hydroxylation is 1. The fraction of sp³-hybridized carbons (Fsp3) is 0.625. The summed E-state index contributed by atoms with van der Waals surface area (Å²) < 4.78 is 0. The van der Waals surface area contributed by atoms with E-state index in [-0.39, 0.29) is 35.0 Å². The lowest BCUT2D eigenvalue weighted by Gasteiger charge is -2.37. The van der Waals surface area contributed by atoms with Gasteiger partial charge in [0.05, 0.1) is 6.07 Å². The maximum Gasteiger partial charge on any atom is 0.246 e. The van der Waals surface area contributed by atoms with Gasteiger partial charge in [-0.1, -0.05) is 34.6 Å². The third-order valence-electron chi connectivity index (χ3n) is 6.87. The number of nitriles is 1. The summed E-state index contributed by atoms with van der Waals surface area (Å²) in [5, 5.41) is 15.3. The Labute approximate surface area is 189 Å². The standard InChI is InChI=1S/C24H33N5O3/c1-13-8-15(11-26-10-13)17(9-25)28-21(31)19-18-16(24(18,6)7)12-29(19)22(32)20(23(3,4)5)27-14(2)30/h8,10-11,16-20H,12H2,1-7H3,(H,27,30)(H,28,31)/t16-,17?,18-,19-,20+/m0/s1. The predicted molar refractivity (Wildman–Crippen MR) is 119 cm³/mol. The Hall–Kier alpha value is -2.95. The number of fused-ring (bicyclic) bond motifs is 1. The molecule has 1 saturated carbocycles. The summed E-state index contributed by atoms with van der Waals surface area (Å²) in [6, 6.07) is 1.66. The highest BCUT2D eigenvalue weighted by Gasteiger charge is 2.69. The quantitative estimate of drug-likeness (QED) is 0.729. The Morgan fingerprint density at radius 1 is 1.25 bits per heavy atom. The van der Waals surface area contributed by atoms with Crippen molar-refractivity contribution in [1.29, 1.82) is 5.26 Å². The van der Waals surface area contributed by atoms with Crippen LogP contribution < -0.4 is 10.6 Å². The maximum atomic E-state index is 13.5. The second-order valence-corrected chi connectivity index (χ2v) is 10.8. The largest absolute Gasteiger partial charge is 0.344 e. The van der Waals surface area contributed by atoms with Gasteiger partial charge >= 0.3 is 0 Å². The first-order chi connectivity index (χ1) is 14.8. The number of amides is 3. The zero-order valence-corrected chi connectivity index (χ0v) is 19.9. The van der Waals surface area contributed by atoms with E-state index in [9.17, 15) is 19.6 Å². The molecular weight excluding hydrogens is 406 g/mol. The van der Waals surface area contributed by atoms with Crippen molar-refractivity contribution >= 4 is 17.7 Å². The van der Waals surface area contributed by atoms with Crippen LogP contribution in [0.15, 0.2) is 18.5 Å². The summed E-state index contributed by atoms with van der Waals surface area (Å²) in [5.41, 5.74) is 0.918. The van der Waals surface area contributed by atoms with Crippen molar-refractivity contribution in [2.24, 2.45) is 22.7 Å². The van der Waals surface area contributed by atoms with Crippen molar-refractivity contribution in [3.05, 3.63) is 29.6 Å². The summed E-state index contributed by atoms with van der Waals surface area (Å²) in [6.45, 7) is 13.6. The Balaban J connectivity index is 1.87. The monoisotopic (exact) mass is 439 g/mol. The van der Waals surface area contributed by atoms with Crippen LogP contribution in [0.25, 0.3) is 0 Å². The molecule has 0 radical (unpaired) electrons. The molecular formula is C24H33N5O3. The molecule has 3 rings (SSSR count). The van der Waals surface area contributed by atoms with Gasteiger partial charge < -0.3 is 15.5 Å². The predicted octanol–water partition coefficient (Wildman–Crippen LogP) is 2.10. The third kappa shape index (κ3) is 4.34. The summed E-state index contributed by atoms with van der Waals surface area (Å²) in [7, 11) is 0. The average molecular weight is 440 g/mol. The minimum Gasteiger partial charge on any atom is -0.344 e. The van der Waals surface area contributed by atoms with Crippen molar-refractivity contribution in [2.75, 3.05) is 6.54 Å². The summed E-state index contributed by atoms with van der Waals surface area (Å²) in [6.07, 6.45) is 3.25. The number of piperidine rings is 1. The molecule has 1 saturated heterocycles. The number of nitrogens with zero attached hydrogens (tertiary/aromatic N) is 3. The number of carbonyl (C=O) groups excluding carboxylic acids is 3. The number of likely N-dealkylation sites (tertiary alicyclic amines) is 1. The van der Waals surface area contributed by atoms with E-state index in [1.807, 2.05) is 33.8 Å². The minimum atomic E-state index is -0.860. The molecule has 172 valence electrons. The highest BCUT2D eigenvalue weighted by atomic mass is 16.2. The molecule has 8 nitrogen and oxygen atoms in total. The molecule has 8 heteroatoms. The Kier molecular flexibility index (Phi) is 6.07. The van der Waals surface area contributed by atoms with Gasteiger partial charge in [-0.2, -0.15) is 5.26 Å². The number of pyridine rings is 1. The van der Waals surface area contributed by atoms with Crippen LogP contribution in [0.1, 0.15) is 58.7 Å². The van der Waals surface area contributed by atoms with E-state index in [0.29, 0.717) is 12.1 Å². The lowest BCUT2D eigenvalue weighted by molar-refractivity contribution is -0.145. The number of aromatic nitrogens is 1. The minimum absolute atomic E-state index is 0.0133. The SMILES string of the molecule is CC(=O)N[C@H](C(=O)N1C[C@H]2[C@@H]([C@H]1C(=O)NC(C#N)c1cncc(C)c1)C2(C)C)C(C)(C)C. The van der Waals surface area contributed by atoms with Gasteiger partial charge in [-0.05, 0) is 41.2 Å². The average Bonchev–Trinajstić information content (AvgIpc) is 3.02. The van der Waals surface area contributed by atoms with Crippen molar-refractivity contribution in [3.63, 3.8) is 0 Å². The van der Waals surface area contributed by atoms with Crippen LogP contribution in [0, 0.1) is 40.9 Å². The Morgan fingerprint density at radius 3 is 2.44 bits per heavy atom. The first kappa shape index (κ1) is 23.7. The van der Waals surface area contributed by atoms with E-state index in [2.05, 4.69) is 35.5 Å². The molecule has 0 aromatic carbocycles. The molecule has 2 heterocycles. The van der Waals surface area contributed by atoms with E-state index in [1.54, 1.807) is 17.3 Å². The van der Waals surface area contributed by atoms with Gasteiger partial charge in [-0.25, -0.2) is 0 Å². The second-order valence-electron chi connectivity index (χ2n) is 10.8. The Morgan fingerprint density at radius 2 is 1.91 bits per heavy atom. The van der Waals surface area contributed by atoms with Crippen molar-refractivity contribution in [1.82, 2.24) is 20.5 Å². The van der Waals surface area contributed by atoms with Gasteiger partial charge in [-0.3, -0.25) is 19.4 Å². The molecule has 3 amide bonds. The first-order valence-corrected chi connectivity index (χ1v) is 11.0. The molecule has 2 N–H and O–H groups in total. The fourth-order valence-corrected chi connectivity index (χ4v) is 4.98. The molecule has 2 fully saturated rings. The molecule has 1 aliphatic carbocycles.